The predicted molar refractivity (Wildman–Crippen MR) is 114 cm³/mol. The van der Waals surface area contributed by atoms with Crippen LogP contribution >= 0.6 is 0 Å². The minimum absolute atomic E-state index is 0.419. The van der Waals surface area contributed by atoms with Crippen molar-refractivity contribution in [2.24, 2.45) is 0 Å². The average molecular weight is 393 g/mol. The van der Waals surface area contributed by atoms with Crippen LogP contribution in [-0.2, 0) is 0 Å². The fourth-order valence-electron chi connectivity index (χ4n) is 4.65. The molecule has 7 nitrogen and oxygen atoms in total. The molecule has 1 aromatic carbocycles. The van der Waals surface area contributed by atoms with Crippen LogP contribution in [0.4, 0.5) is 17.5 Å². The second-order valence-corrected chi connectivity index (χ2v) is 7.82. The Bertz CT molecular complexity index is 893. The summed E-state index contributed by atoms with van der Waals surface area (Å²) in [6, 6.07) is 10.5. The number of fused-ring (bicyclic) bond motifs is 1. The minimum atomic E-state index is 0.419. The Morgan fingerprint density at radius 3 is 2.93 bits per heavy atom. The fraction of sp³-hybridized carbons (Fsp3) is 0.500. The number of hydrogen-bond donors (Lipinski definition) is 1. The zero-order valence-corrected chi connectivity index (χ0v) is 17.1. The van der Waals surface area contributed by atoms with Crippen molar-refractivity contribution in [1.29, 1.82) is 5.26 Å². The molecule has 152 valence electrons. The zero-order valence-electron chi connectivity index (χ0n) is 17.1. The average Bonchev–Trinajstić information content (AvgIpc) is 2.78. The molecule has 1 N–H and O–H groups in total. The van der Waals surface area contributed by atoms with Gasteiger partial charge in [0.25, 0.3) is 0 Å². The Kier molecular flexibility index (Phi) is 5.81. The fourth-order valence-corrected chi connectivity index (χ4v) is 4.65. The van der Waals surface area contributed by atoms with Crippen molar-refractivity contribution in [2.75, 3.05) is 37.5 Å². The first-order chi connectivity index (χ1) is 14.2. The lowest BCUT2D eigenvalue weighted by Gasteiger charge is -2.47. The van der Waals surface area contributed by atoms with Gasteiger partial charge >= 0.3 is 0 Å². The van der Waals surface area contributed by atoms with E-state index in [1.54, 1.807) is 25.4 Å². The van der Waals surface area contributed by atoms with Gasteiger partial charge in [0.1, 0.15) is 0 Å². The Morgan fingerprint density at radius 1 is 1.24 bits per heavy atom. The van der Waals surface area contributed by atoms with Crippen LogP contribution in [0.5, 0.6) is 5.75 Å². The van der Waals surface area contributed by atoms with E-state index in [9.17, 15) is 0 Å². The number of anilines is 3. The number of ether oxygens (including phenoxy) is 1. The monoisotopic (exact) mass is 392 g/mol. The largest absolute Gasteiger partial charge is 0.491 e. The van der Waals surface area contributed by atoms with Crippen LogP contribution in [-0.4, -0.2) is 54.2 Å². The van der Waals surface area contributed by atoms with Gasteiger partial charge in [0.15, 0.2) is 11.6 Å². The zero-order chi connectivity index (χ0) is 20.2. The molecule has 2 aliphatic heterocycles. The highest BCUT2D eigenvalue weighted by Crippen LogP contribution is 2.34. The van der Waals surface area contributed by atoms with E-state index in [2.05, 4.69) is 33.2 Å². The quantitative estimate of drug-likeness (QED) is 0.834. The van der Waals surface area contributed by atoms with Crippen LogP contribution in [0.25, 0.3) is 0 Å². The normalized spacial score (nSPS) is 21.7. The summed E-state index contributed by atoms with van der Waals surface area (Å²) < 4.78 is 5.58. The molecule has 29 heavy (non-hydrogen) atoms. The summed E-state index contributed by atoms with van der Waals surface area (Å²) in [5.41, 5.74) is 1.39. The second kappa shape index (κ2) is 8.66. The highest BCUT2D eigenvalue weighted by Gasteiger charge is 2.36. The number of methoxy groups -OCH3 is 1. The van der Waals surface area contributed by atoms with Crippen LogP contribution in [0.15, 0.2) is 30.5 Å². The van der Waals surface area contributed by atoms with Gasteiger partial charge in [0.05, 0.1) is 24.9 Å². The molecular weight excluding hydrogens is 364 g/mol. The van der Waals surface area contributed by atoms with Crippen LogP contribution in [0.1, 0.15) is 37.7 Å². The number of rotatable bonds is 5. The third-order valence-corrected chi connectivity index (χ3v) is 6.09. The van der Waals surface area contributed by atoms with Crippen LogP contribution in [0.3, 0.4) is 0 Å². The molecule has 2 saturated heterocycles. The van der Waals surface area contributed by atoms with Crippen LogP contribution < -0.4 is 15.0 Å². The van der Waals surface area contributed by atoms with E-state index in [-0.39, 0.29) is 0 Å². The molecule has 2 aliphatic rings. The van der Waals surface area contributed by atoms with Crippen molar-refractivity contribution >= 4 is 17.5 Å². The van der Waals surface area contributed by atoms with E-state index in [4.69, 9.17) is 15.0 Å². The molecular formula is C22H28N6O. The molecule has 3 heterocycles. The first kappa shape index (κ1) is 19.5. The number of aromatic nitrogens is 2. The molecule has 0 spiro atoms. The summed E-state index contributed by atoms with van der Waals surface area (Å²) in [6.45, 7) is 2.41. The molecule has 0 radical (unpaired) electrons. The van der Waals surface area contributed by atoms with Gasteiger partial charge < -0.3 is 15.0 Å². The van der Waals surface area contributed by atoms with E-state index < -0.39 is 0 Å². The number of nitrogens with zero attached hydrogens (tertiary/aromatic N) is 5. The molecule has 2 atom stereocenters. The molecule has 0 saturated carbocycles. The number of nitrogens with one attached hydrogen (secondary N) is 1. The van der Waals surface area contributed by atoms with E-state index in [0.29, 0.717) is 29.3 Å². The predicted octanol–water partition coefficient (Wildman–Crippen LogP) is 3.55. The Hall–Kier alpha value is -2.85. The second-order valence-electron chi connectivity index (χ2n) is 7.82. The summed E-state index contributed by atoms with van der Waals surface area (Å²) in [7, 11) is 3.78. The Labute approximate surface area is 172 Å². The molecule has 2 aromatic rings. The molecule has 0 unspecified atom stereocenters. The number of piperidine rings is 2. The first-order valence-corrected chi connectivity index (χ1v) is 10.3. The van der Waals surface area contributed by atoms with Gasteiger partial charge in [-0.3, -0.25) is 4.90 Å². The smallest absolute Gasteiger partial charge is 0.229 e. The van der Waals surface area contributed by atoms with Gasteiger partial charge in [0, 0.05) is 24.8 Å². The summed E-state index contributed by atoms with van der Waals surface area (Å²) in [5.74, 6) is 1.98. The van der Waals surface area contributed by atoms with Gasteiger partial charge in [0.2, 0.25) is 5.95 Å². The molecule has 1 aromatic heterocycles. The topological polar surface area (TPSA) is 77.3 Å². The van der Waals surface area contributed by atoms with E-state index in [1.807, 2.05) is 12.1 Å². The molecule has 7 heteroatoms. The van der Waals surface area contributed by atoms with Crippen LogP contribution in [0, 0.1) is 11.3 Å². The highest BCUT2D eigenvalue weighted by atomic mass is 16.5. The number of likely N-dealkylation sites (N-methyl/N-ethyl adjacent to an activating group) is 1. The van der Waals surface area contributed by atoms with Gasteiger partial charge in [-0.25, -0.2) is 4.98 Å². The van der Waals surface area contributed by atoms with Gasteiger partial charge in [-0.2, -0.15) is 10.2 Å². The van der Waals surface area contributed by atoms with E-state index in [0.717, 1.165) is 17.9 Å². The molecule has 0 aliphatic carbocycles. The third kappa shape index (κ3) is 4.13. The lowest BCUT2D eigenvalue weighted by molar-refractivity contribution is 0.0892. The lowest BCUT2D eigenvalue weighted by atomic mass is 9.88. The molecule has 4 rings (SSSR count). The number of nitriles is 1. The maximum atomic E-state index is 9.12. The number of benzene rings is 1. The Balaban J connectivity index is 1.60. The first-order valence-electron chi connectivity index (χ1n) is 10.3. The maximum absolute atomic E-state index is 9.12. The highest BCUT2D eigenvalue weighted by molar-refractivity contribution is 5.60. The third-order valence-electron chi connectivity index (χ3n) is 6.09. The maximum Gasteiger partial charge on any atom is 0.229 e. The van der Waals surface area contributed by atoms with Crippen molar-refractivity contribution in [1.82, 2.24) is 14.9 Å². The number of hydrogen-bond acceptors (Lipinski definition) is 7. The molecule has 0 amide bonds. The Morgan fingerprint density at radius 2 is 2.10 bits per heavy atom. The molecule has 2 fully saturated rings. The lowest BCUT2D eigenvalue weighted by Crippen LogP contribution is -2.56. The summed E-state index contributed by atoms with van der Waals surface area (Å²) in [6.07, 6.45) is 7.95. The van der Waals surface area contributed by atoms with Crippen molar-refractivity contribution in [3.05, 3.63) is 36.0 Å². The summed E-state index contributed by atoms with van der Waals surface area (Å²) in [4.78, 5) is 14.1. The van der Waals surface area contributed by atoms with Crippen LogP contribution in [0.2, 0.25) is 0 Å². The standard InChI is InChI=1S/C22H28N6O/c1-27(18-10-6-12-28-11-4-3-9-19(18)28)21-20(29-2)15-24-22(26-21)25-17-8-5-7-16(13-17)14-23/h5,7-8,13,15,18-19H,3-4,6,9-12H2,1-2H3,(H,24,25,26)/t18-,19+/m0/s1. The van der Waals surface area contributed by atoms with Crippen molar-refractivity contribution in [2.45, 2.75) is 44.2 Å². The minimum Gasteiger partial charge on any atom is -0.491 e. The summed E-state index contributed by atoms with van der Waals surface area (Å²) in [5, 5.41) is 12.3. The van der Waals surface area contributed by atoms with E-state index >= 15 is 0 Å². The van der Waals surface area contributed by atoms with Gasteiger partial charge in [-0.05, 0) is 57.0 Å². The summed E-state index contributed by atoms with van der Waals surface area (Å²) >= 11 is 0. The molecule has 0 bridgehead atoms. The van der Waals surface area contributed by atoms with Crippen molar-refractivity contribution < 1.29 is 4.74 Å². The van der Waals surface area contributed by atoms with Gasteiger partial charge in [-0.1, -0.05) is 12.5 Å². The van der Waals surface area contributed by atoms with Gasteiger partial charge in [-0.15, -0.1) is 0 Å². The van der Waals surface area contributed by atoms with Crippen molar-refractivity contribution in [3.8, 4) is 11.8 Å². The SMILES string of the molecule is COc1cnc(Nc2cccc(C#N)c2)nc1N(C)[C@H]1CCCN2CCCC[C@H]12. The van der Waals surface area contributed by atoms with Crippen molar-refractivity contribution in [3.63, 3.8) is 0 Å². The van der Waals surface area contributed by atoms with E-state index in [1.165, 1.54) is 38.8 Å².